The van der Waals surface area contributed by atoms with Crippen LogP contribution >= 0.6 is 24.0 Å². The monoisotopic (exact) mass is 520 g/mol. The molecule has 4 rings (SSSR count). The van der Waals surface area contributed by atoms with Crippen LogP contribution in [0.2, 0.25) is 0 Å². The number of sulfonamides is 1. The highest BCUT2D eigenvalue weighted by molar-refractivity contribution is 14.0. The molecule has 0 aliphatic carbocycles. The van der Waals surface area contributed by atoms with E-state index in [1.54, 1.807) is 18.2 Å². The minimum Gasteiger partial charge on any atom is -0.374 e. The van der Waals surface area contributed by atoms with Crippen molar-refractivity contribution in [2.24, 2.45) is 16.8 Å². The Balaban J connectivity index is 0.00000225. The Labute approximate surface area is 184 Å². The van der Waals surface area contributed by atoms with Gasteiger partial charge in [-0.25, -0.2) is 18.1 Å². The first-order chi connectivity index (χ1) is 13.0. The third kappa shape index (κ3) is 4.17. The summed E-state index contributed by atoms with van der Waals surface area (Å²) in [4.78, 5) is 7.41. The van der Waals surface area contributed by atoms with Crippen LogP contribution in [0.4, 0.5) is 0 Å². The maximum Gasteiger partial charge on any atom is 0.240 e. The Morgan fingerprint density at radius 2 is 1.93 bits per heavy atom. The summed E-state index contributed by atoms with van der Waals surface area (Å²) in [5.41, 5.74) is 0.879. The van der Waals surface area contributed by atoms with E-state index in [0.717, 1.165) is 31.2 Å². The van der Waals surface area contributed by atoms with E-state index >= 15 is 0 Å². The Morgan fingerprint density at radius 1 is 1.25 bits per heavy atom. The fourth-order valence-corrected chi connectivity index (χ4v) is 5.45. The lowest BCUT2D eigenvalue weighted by atomic mass is 9.82. The van der Waals surface area contributed by atoms with E-state index in [0.29, 0.717) is 30.6 Å². The fraction of sp³-hybridized carbons (Fsp3) is 0.632. The second-order valence-corrected chi connectivity index (χ2v) is 9.43. The normalized spacial score (nSPS) is 28.9. The molecule has 7 nitrogen and oxygen atoms in total. The van der Waals surface area contributed by atoms with Crippen LogP contribution in [0.3, 0.4) is 0 Å². The first-order valence-corrected chi connectivity index (χ1v) is 11.2. The fourth-order valence-electron chi connectivity index (χ4n) is 4.65. The topological polar surface area (TPSA) is 83.0 Å². The lowest BCUT2D eigenvalue weighted by Crippen LogP contribution is -2.41. The molecule has 9 heteroatoms. The minimum atomic E-state index is -3.44. The van der Waals surface area contributed by atoms with E-state index in [1.807, 2.05) is 6.07 Å². The molecule has 1 aromatic rings. The lowest BCUT2D eigenvalue weighted by Gasteiger charge is -2.23. The van der Waals surface area contributed by atoms with Gasteiger partial charge in [-0.2, -0.15) is 0 Å². The number of hydrogen-bond donors (Lipinski definition) is 2. The summed E-state index contributed by atoms with van der Waals surface area (Å²) in [6.45, 7) is 5.31. The number of benzene rings is 1. The van der Waals surface area contributed by atoms with Gasteiger partial charge in [0.2, 0.25) is 10.0 Å². The van der Waals surface area contributed by atoms with Crippen molar-refractivity contribution in [2.75, 3.05) is 26.7 Å². The van der Waals surface area contributed by atoms with Crippen molar-refractivity contribution in [1.82, 2.24) is 14.9 Å². The van der Waals surface area contributed by atoms with Crippen molar-refractivity contribution in [1.29, 1.82) is 0 Å². The standard InChI is InChI=1S/C19H28N4O3S.HI/c1-3-21-19(23-11-15-16(12-23)18-8-7-17(15)26-18)22-10-13-5-4-6-14(9-13)27(24,25)20-2;/h4-6,9,15-18,20H,3,7-8,10-12H2,1-2H3,(H,21,22);1H. The van der Waals surface area contributed by atoms with Crippen LogP contribution < -0.4 is 10.0 Å². The Kier molecular flexibility index (Phi) is 6.88. The van der Waals surface area contributed by atoms with Crippen LogP contribution in [0.15, 0.2) is 34.2 Å². The first kappa shape index (κ1) is 21.8. The molecule has 3 aliphatic heterocycles. The number of rotatable bonds is 5. The molecule has 0 aromatic heterocycles. The van der Waals surface area contributed by atoms with Crippen molar-refractivity contribution in [3.8, 4) is 0 Å². The summed E-state index contributed by atoms with van der Waals surface area (Å²) in [7, 11) is -2.02. The summed E-state index contributed by atoms with van der Waals surface area (Å²) in [5.74, 6) is 2.15. The van der Waals surface area contributed by atoms with Gasteiger partial charge in [0.05, 0.1) is 23.6 Å². The predicted octanol–water partition coefficient (Wildman–Crippen LogP) is 1.79. The van der Waals surface area contributed by atoms with E-state index in [1.165, 1.54) is 19.9 Å². The largest absolute Gasteiger partial charge is 0.374 e. The molecule has 156 valence electrons. The van der Waals surface area contributed by atoms with Crippen molar-refractivity contribution in [2.45, 2.75) is 43.4 Å². The predicted molar refractivity (Wildman–Crippen MR) is 119 cm³/mol. The summed E-state index contributed by atoms with van der Waals surface area (Å²) >= 11 is 0. The van der Waals surface area contributed by atoms with Gasteiger partial charge in [0.25, 0.3) is 0 Å². The van der Waals surface area contributed by atoms with Gasteiger partial charge in [-0.3, -0.25) is 0 Å². The van der Waals surface area contributed by atoms with Crippen LogP contribution in [0.1, 0.15) is 25.3 Å². The summed E-state index contributed by atoms with van der Waals surface area (Å²) in [6, 6.07) is 6.96. The molecule has 3 aliphatic rings. The zero-order chi connectivity index (χ0) is 19.0. The van der Waals surface area contributed by atoms with Gasteiger partial charge in [0, 0.05) is 31.5 Å². The number of likely N-dealkylation sites (tertiary alicyclic amines) is 1. The molecule has 3 fully saturated rings. The molecule has 0 saturated carbocycles. The van der Waals surface area contributed by atoms with E-state index in [2.05, 4.69) is 21.9 Å². The summed E-state index contributed by atoms with van der Waals surface area (Å²) in [5, 5.41) is 3.39. The third-order valence-electron chi connectivity index (χ3n) is 5.98. The van der Waals surface area contributed by atoms with E-state index in [-0.39, 0.29) is 28.9 Å². The maximum atomic E-state index is 12.0. The second-order valence-electron chi connectivity index (χ2n) is 7.55. The van der Waals surface area contributed by atoms with E-state index in [9.17, 15) is 8.42 Å². The number of fused-ring (bicyclic) bond motifs is 5. The average Bonchev–Trinajstić information content (AvgIpc) is 3.38. The van der Waals surface area contributed by atoms with Crippen LogP contribution in [0.25, 0.3) is 0 Å². The first-order valence-electron chi connectivity index (χ1n) is 9.73. The quantitative estimate of drug-likeness (QED) is 0.352. The number of hydrogen-bond acceptors (Lipinski definition) is 4. The molecular weight excluding hydrogens is 491 g/mol. The molecule has 2 bridgehead atoms. The van der Waals surface area contributed by atoms with Gasteiger partial charge in [0.15, 0.2) is 5.96 Å². The Morgan fingerprint density at radius 3 is 2.54 bits per heavy atom. The molecule has 4 unspecified atom stereocenters. The number of aliphatic imine (C=N–C) groups is 1. The minimum absolute atomic E-state index is 0. The van der Waals surface area contributed by atoms with E-state index < -0.39 is 10.0 Å². The Hall–Kier alpha value is -0.910. The molecule has 3 heterocycles. The van der Waals surface area contributed by atoms with Crippen molar-refractivity contribution in [3.63, 3.8) is 0 Å². The molecule has 0 amide bonds. The number of ether oxygens (including phenoxy) is 1. The molecule has 3 saturated heterocycles. The maximum absolute atomic E-state index is 12.0. The smallest absolute Gasteiger partial charge is 0.240 e. The van der Waals surface area contributed by atoms with Crippen molar-refractivity contribution < 1.29 is 13.2 Å². The van der Waals surface area contributed by atoms with Crippen LogP contribution in [0.5, 0.6) is 0 Å². The molecular formula is C19H29IN4O3S. The molecule has 0 radical (unpaired) electrons. The highest BCUT2D eigenvalue weighted by Crippen LogP contribution is 2.47. The van der Waals surface area contributed by atoms with Crippen LogP contribution in [-0.2, 0) is 21.3 Å². The highest BCUT2D eigenvalue weighted by Gasteiger charge is 2.53. The summed E-state index contributed by atoms with van der Waals surface area (Å²) in [6.07, 6.45) is 3.24. The summed E-state index contributed by atoms with van der Waals surface area (Å²) < 4.78 is 32.4. The molecule has 0 spiro atoms. The van der Waals surface area contributed by atoms with Gasteiger partial charge in [0.1, 0.15) is 0 Å². The van der Waals surface area contributed by atoms with Crippen molar-refractivity contribution >= 4 is 40.0 Å². The number of nitrogens with zero attached hydrogens (tertiary/aromatic N) is 2. The zero-order valence-electron chi connectivity index (χ0n) is 16.3. The zero-order valence-corrected chi connectivity index (χ0v) is 19.4. The number of nitrogens with one attached hydrogen (secondary N) is 2. The van der Waals surface area contributed by atoms with Crippen LogP contribution in [-0.4, -0.2) is 58.2 Å². The molecule has 1 aromatic carbocycles. The van der Waals surface area contributed by atoms with Gasteiger partial charge in [-0.15, -0.1) is 24.0 Å². The molecule has 2 N–H and O–H groups in total. The van der Waals surface area contributed by atoms with Crippen LogP contribution in [0, 0.1) is 11.8 Å². The molecule has 28 heavy (non-hydrogen) atoms. The van der Waals surface area contributed by atoms with Gasteiger partial charge in [-0.05, 0) is 44.5 Å². The lowest BCUT2D eigenvalue weighted by molar-refractivity contribution is 0.0767. The van der Waals surface area contributed by atoms with Gasteiger partial charge >= 0.3 is 0 Å². The third-order valence-corrected chi connectivity index (χ3v) is 7.39. The van der Waals surface area contributed by atoms with E-state index in [4.69, 9.17) is 9.73 Å². The van der Waals surface area contributed by atoms with Crippen molar-refractivity contribution in [3.05, 3.63) is 29.8 Å². The Bertz CT molecular complexity index is 814. The second kappa shape index (κ2) is 8.85. The number of guanidine groups is 1. The van der Waals surface area contributed by atoms with Gasteiger partial charge < -0.3 is 15.0 Å². The molecule has 4 atom stereocenters. The average molecular weight is 520 g/mol. The highest BCUT2D eigenvalue weighted by atomic mass is 127. The van der Waals surface area contributed by atoms with Gasteiger partial charge in [-0.1, -0.05) is 12.1 Å². The SMILES string of the molecule is CCNC(=NCc1cccc(S(=O)(=O)NC)c1)N1CC2C3CCC(O3)C2C1.I. The number of halogens is 1.